The third-order valence-electron chi connectivity index (χ3n) is 5.62. The zero-order valence-electron chi connectivity index (χ0n) is 15.0. The molecule has 136 valence electrons. The molecule has 26 heavy (non-hydrogen) atoms. The van der Waals surface area contributed by atoms with E-state index in [9.17, 15) is 9.18 Å². The Bertz CT molecular complexity index is 774. The van der Waals surface area contributed by atoms with Crippen LogP contribution >= 0.6 is 0 Å². The first-order chi connectivity index (χ1) is 12.7. The molecule has 2 aliphatic rings. The average molecular weight is 352 g/mol. The van der Waals surface area contributed by atoms with Crippen LogP contribution in [0.1, 0.15) is 29.5 Å². The lowest BCUT2D eigenvalue weighted by molar-refractivity contribution is -0.138. The lowest BCUT2D eigenvalue weighted by Crippen LogP contribution is -2.46. The minimum Gasteiger partial charge on any atom is -0.338 e. The first-order valence-electron chi connectivity index (χ1n) is 9.51. The summed E-state index contributed by atoms with van der Waals surface area (Å²) in [5.41, 5.74) is 3.76. The number of piperidine rings is 1. The summed E-state index contributed by atoms with van der Waals surface area (Å²) in [5, 5.41) is 0. The molecule has 0 aromatic heterocycles. The quantitative estimate of drug-likeness (QED) is 0.842. The maximum Gasteiger partial charge on any atom is 0.227 e. The molecule has 0 N–H and O–H groups in total. The van der Waals surface area contributed by atoms with Crippen molar-refractivity contribution in [1.82, 2.24) is 9.80 Å². The van der Waals surface area contributed by atoms with Crippen LogP contribution in [0.15, 0.2) is 48.5 Å². The largest absolute Gasteiger partial charge is 0.338 e. The number of hydrogen-bond donors (Lipinski definition) is 0. The van der Waals surface area contributed by atoms with E-state index in [1.807, 2.05) is 17.0 Å². The summed E-state index contributed by atoms with van der Waals surface area (Å²) in [4.78, 5) is 17.4. The number of halogens is 1. The highest BCUT2D eigenvalue weighted by molar-refractivity contribution is 5.79. The monoisotopic (exact) mass is 352 g/mol. The molecular weight excluding hydrogens is 327 g/mol. The van der Waals surface area contributed by atoms with Crippen molar-refractivity contribution in [1.29, 1.82) is 0 Å². The second kappa shape index (κ2) is 7.58. The fraction of sp³-hybridized carbons (Fsp3) is 0.409. The summed E-state index contributed by atoms with van der Waals surface area (Å²) in [6, 6.07) is 15.1. The van der Waals surface area contributed by atoms with Gasteiger partial charge in [0, 0.05) is 26.2 Å². The van der Waals surface area contributed by atoms with E-state index in [4.69, 9.17) is 0 Å². The zero-order chi connectivity index (χ0) is 17.9. The highest BCUT2D eigenvalue weighted by Gasteiger charge is 2.30. The van der Waals surface area contributed by atoms with Crippen molar-refractivity contribution in [3.63, 3.8) is 0 Å². The Morgan fingerprint density at radius 3 is 2.62 bits per heavy atom. The molecule has 0 saturated carbocycles. The van der Waals surface area contributed by atoms with Crippen molar-refractivity contribution in [3.05, 3.63) is 71.0 Å². The molecule has 1 fully saturated rings. The molecule has 4 rings (SSSR count). The van der Waals surface area contributed by atoms with Crippen LogP contribution in [0.4, 0.5) is 4.39 Å². The Morgan fingerprint density at radius 1 is 1.04 bits per heavy atom. The second-order valence-corrected chi connectivity index (χ2v) is 7.48. The Hall–Kier alpha value is -2.20. The van der Waals surface area contributed by atoms with Crippen LogP contribution in [0.25, 0.3) is 0 Å². The molecule has 2 aromatic carbocycles. The van der Waals surface area contributed by atoms with Crippen LogP contribution in [-0.2, 0) is 24.3 Å². The van der Waals surface area contributed by atoms with E-state index in [1.165, 1.54) is 23.3 Å². The third-order valence-corrected chi connectivity index (χ3v) is 5.62. The summed E-state index contributed by atoms with van der Waals surface area (Å²) in [5.74, 6) is 0.170. The maximum atomic E-state index is 13.1. The standard InChI is InChI=1S/C22H25FN2O/c23-21-9-7-17(8-10-21)14-24-12-3-6-20(15-24)22(26)25-13-11-18-4-1-2-5-19(18)16-25/h1-2,4-5,7-10,20H,3,6,11-16H2/t20-/m0/s1. The van der Waals surface area contributed by atoms with E-state index in [2.05, 4.69) is 29.2 Å². The van der Waals surface area contributed by atoms with Crippen molar-refractivity contribution < 1.29 is 9.18 Å². The smallest absolute Gasteiger partial charge is 0.227 e. The number of hydrogen-bond acceptors (Lipinski definition) is 2. The minimum absolute atomic E-state index is 0.0782. The van der Waals surface area contributed by atoms with Gasteiger partial charge in [-0.1, -0.05) is 36.4 Å². The van der Waals surface area contributed by atoms with Crippen LogP contribution < -0.4 is 0 Å². The summed E-state index contributed by atoms with van der Waals surface area (Å²) in [6.45, 7) is 4.15. The summed E-state index contributed by atoms with van der Waals surface area (Å²) in [6.07, 6.45) is 2.97. The van der Waals surface area contributed by atoms with Gasteiger partial charge in [0.1, 0.15) is 5.82 Å². The molecule has 0 unspecified atom stereocenters. The van der Waals surface area contributed by atoms with Gasteiger partial charge < -0.3 is 4.90 Å². The Morgan fingerprint density at radius 2 is 1.81 bits per heavy atom. The first-order valence-corrected chi connectivity index (χ1v) is 9.51. The fourth-order valence-corrected chi connectivity index (χ4v) is 4.19. The normalized spacial score (nSPS) is 20.7. The lowest BCUT2D eigenvalue weighted by Gasteiger charge is -2.36. The fourth-order valence-electron chi connectivity index (χ4n) is 4.19. The highest BCUT2D eigenvalue weighted by atomic mass is 19.1. The number of amides is 1. The van der Waals surface area contributed by atoms with E-state index in [1.54, 1.807) is 0 Å². The van der Waals surface area contributed by atoms with Crippen LogP contribution in [0.3, 0.4) is 0 Å². The molecule has 1 amide bonds. The Kier molecular flexibility index (Phi) is 5.02. The van der Waals surface area contributed by atoms with Gasteiger partial charge in [-0.25, -0.2) is 4.39 Å². The Balaban J connectivity index is 1.38. The zero-order valence-corrected chi connectivity index (χ0v) is 15.0. The van der Waals surface area contributed by atoms with Gasteiger partial charge in [-0.15, -0.1) is 0 Å². The summed E-state index contributed by atoms with van der Waals surface area (Å²) < 4.78 is 13.1. The van der Waals surface area contributed by atoms with Crippen molar-refractivity contribution >= 4 is 5.91 Å². The lowest BCUT2D eigenvalue weighted by atomic mass is 9.93. The molecule has 3 nitrogen and oxygen atoms in total. The molecule has 2 heterocycles. The molecule has 2 aromatic rings. The molecule has 1 atom stereocenters. The van der Waals surface area contributed by atoms with E-state index < -0.39 is 0 Å². The number of nitrogens with zero attached hydrogens (tertiary/aromatic N) is 2. The van der Waals surface area contributed by atoms with E-state index >= 15 is 0 Å². The number of rotatable bonds is 3. The van der Waals surface area contributed by atoms with Crippen molar-refractivity contribution in [2.75, 3.05) is 19.6 Å². The molecular formula is C22H25FN2O. The van der Waals surface area contributed by atoms with Crippen molar-refractivity contribution in [3.8, 4) is 0 Å². The molecule has 0 radical (unpaired) electrons. The molecule has 1 saturated heterocycles. The van der Waals surface area contributed by atoms with Gasteiger partial charge in [0.2, 0.25) is 5.91 Å². The molecule has 0 spiro atoms. The SMILES string of the molecule is O=C([C@H]1CCCN(Cc2ccc(F)cc2)C1)N1CCc2ccccc2C1. The van der Waals surface area contributed by atoms with Gasteiger partial charge >= 0.3 is 0 Å². The molecule has 2 aliphatic heterocycles. The van der Waals surface area contributed by atoms with E-state index in [0.717, 1.165) is 57.5 Å². The Labute approximate surface area is 154 Å². The van der Waals surface area contributed by atoms with Gasteiger partial charge in [-0.3, -0.25) is 9.69 Å². The van der Waals surface area contributed by atoms with E-state index in [-0.39, 0.29) is 11.7 Å². The maximum absolute atomic E-state index is 13.1. The summed E-state index contributed by atoms with van der Waals surface area (Å²) in [7, 11) is 0. The van der Waals surface area contributed by atoms with Gasteiger partial charge in [0.15, 0.2) is 0 Å². The summed E-state index contributed by atoms with van der Waals surface area (Å²) >= 11 is 0. The minimum atomic E-state index is -0.203. The van der Waals surface area contributed by atoms with Gasteiger partial charge in [-0.2, -0.15) is 0 Å². The first kappa shape index (κ1) is 17.2. The number of likely N-dealkylation sites (tertiary alicyclic amines) is 1. The average Bonchev–Trinajstić information content (AvgIpc) is 2.69. The van der Waals surface area contributed by atoms with Gasteiger partial charge in [-0.05, 0) is 54.6 Å². The van der Waals surface area contributed by atoms with Crippen molar-refractivity contribution in [2.45, 2.75) is 32.4 Å². The van der Waals surface area contributed by atoms with Crippen LogP contribution in [0.5, 0.6) is 0 Å². The molecule has 0 aliphatic carbocycles. The number of fused-ring (bicyclic) bond motifs is 1. The predicted molar refractivity (Wildman–Crippen MR) is 100.0 cm³/mol. The third kappa shape index (κ3) is 3.80. The van der Waals surface area contributed by atoms with Crippen LogP contribution in [0, 0.1) is 11.7 Å². The molecule has 4 heteroatoms. The number of carbonyl (C=O) groups is 1. The van der Waals surface area contributed by atoms with Crippen molar-refractivity contribution in [2.24, 2.45) is 5.92 Å². The predicted octanol–water partition coefficient (Wildman–Crippen LogP) is 3.62. The van der Waals surface area contributed by atoms with Crippen LogP contribution in [-0.4, -0.2) is 35.3 Å². The second-order valence-electron chi connectivity index (χ2n) is 7.48. The topological polar surface area (TPSA) is 23.6 Å². The van der Waals surface area contributed by atoms with Gasteiger partial charge in [0.25, 0.3) is 0 Å². The molecule has 0 bridgehead atoms. The van der Waals surface area contributed by atoms with Crippen LogP contribution in [0.2, 0.25) is 0 Å². The number of benzene rings is 2. The van der Waals surface area contributed by atoms with Gasteiger partial charge in [0.05, 0.1) is 5.92 Å². The van der Waals surface area contributed by atoms with E-state index in [0.29, 0.717) is 5.91 Å². The number of carbonyl (C=O) groups excluding carboxylic acids is 1. The highest BCUT2D eigenvalue weighted by Crippen LogP contribution is 2.25.